The van der Waals surface area contributed by atoms with Crippen molar-refractivity contribution in [3.63, 3.8) is 0 Å². The number of nitrogens with zero attached hydrogens (tertiary/aromatic N) is 2. The van der Waals surface area contributed by atoms with Crippen LogP contribution in [0, 0.1) is 6.92 Å². The van der Waals surface area contributed by atoms with E-state index in [1.54, 1.807) is 12.3 Å². The molecular weight excluding hydrogens is 388 g/mol. The van der Waals surface area contributed by atoms with Gasteiger partial charge in [0.2, 0.25) is 5.43 Å². The Kier molecular flexibility index (Phi) is 7.05. The molecule has 0 saturated carbocycles. The van der Waals surface area contributed by atoms with Gasteiger partial charge in [0.05, 0.1) is 5.69 Å². The first kappa shape index (κ1) is 21.2. The quantitative estimate of drug-likeness (QED) is 0.537. The van der Waals surface area contributed by atoms with E-state index in [1.807, 2.05) is 66.1 Å². The Hall–Kier alpha value is -3.05. The molecule has 0 atom stereocenters. The van der Waals surface area contributed by atoms with E-state index >= 15 is 0 Å². The van der Waals surface area contributed by atoms with Crippen LogP contribution in [0.5, 0.6) is 11.5 Å². The fraction of sp³-hybridized carbons (Fsp3) is 0.346. The second-order valence-electron chi connectivity index (χ2n) is 7.98. The Morgan fingerprint density at radius 2 is 1.61 bits per heavy atom. The van der Waals surface area contributed by atoms with Crippen LogP contribution in [0.3, 0.4) is 0 Å². The smallest absolute Gasteiger partial charge is 0.223 e. The van der Waals surface area contributed by atoms with Gasteiger partial charge in [-0.25, -0.2) is 0 Å². The zero-order chi connectivity index (χ0) is 21.5. The first-order valence-corrected chi connectivity index (χ1v) is 11.1. The predicted octanol–water partition coefficient (Wildman–Crippen LogP) is 4.59. The molecule has 2 heterocycles. The molecule has 0 aliphatic carbocycles. The molecule has 0 unspecified atom stereocenters. The van der Waals surface area contributed by atoms with E-state index in [2.05, 4.69) is 4.90 Å². The number of rotatable bonds is 8. The zero-order valence-corrected chi connectivity index (χ0v) is 18.1. The number of benzene rings is 2. The van der Waals surface area contributed by atoms with Gasteiger partial charge in [0.25, 0.3) is 0 Å². The molecule has 0 bridgehead atoms. The number of aromatic nitrogens is 1. The van der Waals surface area contributed by atoms with Crippen molar-refractivity contribution in [1.29, 1.82) is 0 Å². The highest BCUT2D eigenvalue weighted by Gasteiger charge is 2.11. The molecule has 162 valence electrons. The summed E-state index contributed by atoms with van der Waals surface area (Å²) in [5.41, 5.74) is 2.66. The number of hydrogen-bond acceptors (Lipinski definition) is 4. The summed E-state index contributed by atoms with van der Waals surface area (Å²) >= 11 is 0. The van der Waals surface area contributed by atoms with Crippen molar-refractivity contribution in [3.8, 4) is 17.2 Å². The summed E-state index contributed by atoms with van der Waals surface area (Å²) in [5, 5.41) is 0. The number of hydrogen-bond donors (Lipinski definition) is 0. The molecule has 1 saturated heterocycles. The fourth-order valence-corrected chi connectivity index (χ4v) is 3.98. The van der Waals surface area contributed by atoms with Gasteiger partial charge in [0, 0.05) is 24.5 Å². The molecule has 2 aromatic carbocycles. The van der Waals surface area contributed by atoms with Gasteiger partial charge in [-0.2, -0.15) is 0 Å². The molecule has 1 aliphatic rings. The van der Waals surface area contributed by atoms with Gasteiger partial charge in [-0.15, -0.1) is 0 Å². The third kappa shape index (κ3) is 5.56. The molecule has 4 rings (SSSR count). The number of likely N-dealkylation sites (tertiary alicyclic amines) is 1. The lowest BCUT2D eigenvalue weighted by Gasteiger charge is -2.26. The number of piperidine rings is 1. The SMILES string of the molecule is Cc1c(OCc2ccccc2)c(=O)ccn1-c1ccc(OCCN2CCCCC2)cc1. The molecule has 0 radical (unpaired) electrons. The summed E-state index contributed by atoms with van der Waals surface area (Å²) in [6.45, 7) is 6.32. The molecule has 31 heavy (non-hydrogen) atoms. The lowest BCUT2D eigenvalue weighted by Crippen LogP contribution is -2.33. The van der Waals surface area contributed by atoms with Crippen LogP contribution in [0.2, 0.25) is 0 Å². The molecule has 1 fully saturated rings. The molecule has 5 nitrogen and oxygen atoms in total. The van der Waals surface area contributed by atoms with Crippen molar-refractivity contribution in [2.45, 2.75) is 32.8 Å². The summed E-state index contributed by atoms with van der Waals surface area (Å²) in [4.78, 5) is 14.9. The van der Waals surface area contributed by atoms with E-state index in [9.17, 15) is 4.79 Å². The summed E-state index contributed by atoms with van der Waals surface area (Å²) < 4.78 is 13.8. The Morgan fingerprint density at radius 3 is 2.35 bits per heavy atom. The van der Waals surface area contributed by atoms with E-state index in [0.29, 0.717) is 19.0 Å². The summed E-state index contributed by atoms with van der Waals surface area (Å²) in [6, 6.07) is 19.4. The van der Waals surface area contributed by atoms with Gasteiger partial charge in [-0.05, 0) is 62.7 Å². The van der Waals surface area contributed by atoms with Gasteiger partial charge in [0.1, 0.15) is 19.0 Å². The summed E-state index contributed by atoms with van der Waals surface area (Å²) in [5.74, 6) is 1.24. The van der Waals surface area contributed by atoms with Crippen molar-refractivity contribution in [3.05, 3.63) is 88.3 Å². The van der Waals surface area contributed by atoms with Gasteiger partial charge in [0.15, 0.2) is 5.75 Å². The van der Waals surface area contributed by atoms with Crippen molar-refractivity contribution >= 4 is 0 Å². The van der Waals surface area contributed by atoms with Crippen LogP contribution in [0.25, 0.3) is 5.69 Å². The molecule has 1 aromatic heterocycles. The maximum Gasteiger partial charge on any atom is 0.223 e. The van der Waals surface area contributed by atoms with Crippen LogP contribution in [-0.4, -0.2) is 35.7 Å². The molecule has 0 amide bonds. The van der Waals surface area contributed by atoms with Crippen LogP contribution in [0.1, 0.15) is 30.5 Å². The average molecular weight is 419 g/mol. The van der Waals surface area contributed by atoms with Gasteiger partial charge < -0.3 is 14.0 Å². The van der Waals surface area contributed by atoms with Crippen LogP contribution < -0.4 is 14.9 Å². The highest BCUT2D eigenvalue weighted by molar-refractivity contribution is 5.42. The molecule has 0 spiro atoms. The van der Waals surface area contributed by atoms with E-state index in [-0.39, 0.29) is 5.43 Å². The van der Waals surface area contributed by atoms with Gasteiger partial charge in [-0.1, -0.05) is 36.8 Å². The minimum atomic E-state index is -0.109. The highest BCUT2D eigenvalue weighted by atomic mass is 16.5. The van der Waals surface area contributed by atoms with E-state index in [4.69, 9.17) is 9.47 Å². The third-order valence-electron chi connectivity index (χ3n) is 5.75. The Bertz CT molecular complexity index is 1020. The van der Waals surface area contributed by atoms with Crippen LogP contribution in [0.15, 0.2) is 71.7 Å². The standard InChI is InChI=1S/C26H30N2O3/c1-21-26(31-20-22-8-4-2-5-9-22)25(29)14-17-28(21)23-10-12-24(13-11-23)30-19-18-27-15-6-3-7-16-27/h2,4-5,8-14,17H,3,6-7,15-16,18-20H2,1H3. The maximum atomic E-state index is 12.4. The molecule has 0 N–H and O–H groups in total. The van der Waals surface area contributed by atoms with Crippen molar-refractivity contribution in [2.24, 2.45) is 0 Å². The summed E-state index contributed by atoms with van der Waals surface area (Å²) in [6.07, 6.45) is 5.73. The van der Waals surface area contributed by atoms with Crippen LogP contribution >= 0.6 is 0 Å². The fourth-order valence-electron chi connectivity index (χ4n) is 3.98. The first-order chi connectivity index (χ1) is 15.2. The minimum Gasteiger partial charge on any atom is -0.492 e. The maximum absolute atomic E-state index is 12.4. The van der Waals surface area contributed by atoms with Crippen molar-refractivity contribution < 1.29 is 9.47 Å². The third-order valence-corrected chi connectivity index (χ3v) is 5.75. The van der Waals surface area contributed by atoms with E-state index in [1.165, 1.54) is 32.4 Å². The lowest BCUT2D eigenvalue weighted by atomic mass is 10.1. The molecule has 1 aliphatic heterocycles. The Labute approximate surface area is 183 Å². The number of pyridine rings is 1. The van der Waals surface area contributed by atoms with Crippen molar-refractivity contribution in [1.82, 2.24) is 9.47 Å². The van der Waals surface area contributed by atoms with Crippen molar-refractivity contribution in [2.75, 3.05) is 26.2 Å². The summed E-state index contributed by atoms with van der Waals surface area (Å²) in [7, 11) is 0. The topological polar surface area (TPSA) is 43.7 Å². The molecule has 5 heteroatoms. The molecular formula is C26H30N2O3. The van der Waals surface area contributed by atoms with Gasteiger partial charge >= 0.3 is 0 Å². The minimum absolute atomic E-state index is 0.109. The highest BCUT2D eigenvalue weighted by Crippen LogP contribution is 2.21. The van der Waals surface area contributed by atoms with Crippen LogP contribution in [-0.2, 0) is 6.61 Å². The second kappa shape index (κ2) is 10.3. The second-order valence-corrected chi connectivity index (χ2v) is 7.98. The van der Waals surface area contributed by atoms with E-state index < -0.39 is 0 Å². The Morgan fingerprint density at radius 1 is 0.871 bits per heavy atom. The zero-order valence-electron chi connectivity index (χ0n) is 18.1. The Balaban J connectivity index is 1.40. The van der Waals surface area contributed by atoms with Gasteiger partial charge in [-0.3, -0.25) is 9.69 Å². The lowest BCUT2D eigenvalue weighted by molar-refractivity contribution is 0.183. The normalized spacial score (nSPS) is 14.4. The first-order valence-electron chi connectivity index (χ1n) is 11.1. The number of ether oxygens (including phenoxy) is 2. The monoisotopic (exact) mass is 418 g/mol. The average Bonchev–Trinajstić information content (AvgIpc) is 2.81. The predicted molar refractivity (Wildman–Crippen MR) is 123 cm³/mol. The van der Waals surface area contributed by atoms with E-state index in [0.717, 1.165) is 29.2 Å². The molecule has 3 aromatic rings. The van der Waals surface area contributed by atoms with Crippen LogP contribution in [0.4, 0.5) is 0 Å². The largest absolute Gasteiger partial charge is 0.492 e.